The highest BCUT2D eigenvalue weighted by Crippen LogP contribution is 2.42. The highest BCUT2D eigenvalue weighted by atomic mass is 16.5. The van der Waals surface area contributed by atoms with Crippen molar-refractivity contribution in [3.8, 4) is 11.5 Å². The van der Waals surface area contributed by atoms with Gasteiger partial charge in [0.2, 0.25) is 5.91 Å². The van der Waals surface area contributed by atoms with Gasteiger partial charge in [-0.15, -0.1) is 0 Å². The van der Waals surface area contributed by atoms with E-state index in [4.69, 9.17) is 9.47 Å². The molecule has 4 rings (SSSR count). The predicted molar refractivity (Wildman–Crippen MR) is 108 cm³/mol. The first kappa shape index (κ1) is 18.6. The van der Waals surface area contributed by atoms with Gasteiger partial charge in [0.1, 0.15) is 5.82 Å². The molecule has 2 heterocycles. The van der Waals surface area contributed by atoms with E-state index in [-0.39, 0.29) is 11.8 Å². The lowest BCUT2D eigenvalue weighted by molar-refractivity contribution is -0.131. The van der Waals surface area contributed by atoms with Gasteiger partial charge in [-0.3, -0.25) is 4.79 Å². The van der Waals surface area contributed by atoms with Crippen LogP contribution in [0.3, 0.4) is 0 Å². The molecule has 0 bridgehead atoms. The molecule has 1 atom stereocenters. The van der Waals surface area contributed by atoms with Crippen LogP contribution in [0, 0.1) is 0 Å². The molecular formula is C22H27N3O3. The number of ether oxygens (including phenoxy) is 2. The van der Waals surface area contributed by atoms with E-state index < -0.39 is 0 Å². The number of pyridine rings is 1. The van der Waals surface area contributed by atoms with Gasteiger partial charge < -0.3 is 19.3 Å². The first-order chi connectivity index (χ1) is 13.7. The quantitative estimate of drug-likeness (QED) is 0.797. The SMILES string of the molecule is COc1cc2c(cc1OC)C(CC(=O)N1CCN(c3ccccn3)CC1)CC2. The maximum absolute atomic E-state index is 12.9. The molecule has 2 aromatic rings. The summed E-state index contributed by atoms with van der Waals surface area (Å²) < 4.78 is 10.9. The third kappa shape index (κ3) is 3.63. The summed E-state index contributed by atoms with van der Waals surface area (Å²) in [4.78, 5) is 21.6. The number of fused-ring (bicyclic) bond motifs is 1. The molecule has 6 nitrogen and oxygen atoms in total. The van der Waals surface area contributed by atoms with Gasteiger partial charge in [0.15, 0.2) is 11.5 Å². The average molecular weight is 381 g/mol. The largest absolute Gasteiger partial charge is 0.493 e. The smallest absolute Gasteiger partial charge is 0.223 e. The first-order valence-electron chi connectivity index (χ1n) is 9.88. The number of methoxy groups -OCH3 is 2. The molecule has 148 valence electrons. The standard InChI is InChI=1S/C22H27N3O3/c1-27-19-13-16-6-7-17(18(16)15-20(19)28-2)14-22(26)25-11-9-24(10-12-25)21-5-3-4-8-23-21/h3-5,8,13,15,17H,6-7,9-12,14H2,1-2H3. The van der Waals surface area contributed by atoms with E-state index >= 15 is 0 Å². The zero-order chi connectivity index (χ0) is 19.5. The number of nitrogens with zero attached hydrogens (tertiary/aromatic N) is 3. The van der Waals surface area contributed by atoms with Crippen molar-refractivity contribution in [1.29, 1.82) is 0 Å². The number of hydrogen-bond acceptors (Lipinski definition) is 5. The lowest BCUT2D eigenvalue weighted by Gasteiger charge is -2.36. The Morgan fingerprint density at radius 2 is 1.86 bits per heavy atom. The third-order valence-corrected chi connectivity index (χ3v) is 5.87. The molecule has 1 aromatic carbocycles. The zero-order valence-electron chi connectivity index (χ0n) is 16.6. The van der Waals surface area contributed by atoms with Crippen molar-refractivity contribution >= 4 is 11.7 Å². The number of piperazine rings is 1. The Morgan fingerprint density at radius 3 is 2.54 bits per heavy atom. The zero-order valence-corrected chi connectivity index (χ0v) is 16.6. The minimum atomic E-state index is 0.244. The van der Waals surface area contributed by atoms with Crippen LogP contribution >= 0.6 is 0 Å². The van der Waals surface area contributed by atoms with Crippen molar-refractivity contribution in [2.45, 2.75) is 25.2 Å². The van der Waals surface area contributed by atoms with E-state index in [1.54, 1.807) is 14.2 Å². The van der Waals surface area contributed by atoms with Crippen LogP contribution in [-0.4, -0.2) is 56.2 Å². The normalized spacial score (nSPS) is 18.7. The van der Waals surface area contributed by atoms with Gasteiger partial charge >= 0.3 is 0 Å². The van der Waals surface area contributed by atoms with Crippen molar-refractivity contribution < 1.29 is 14.3 Å². The number of aromatic nitrogens is 1. The lowest BCUT2D eigenvalue weighted by Crippen LogP contribution is -2.49. The summed E-state index contributed by atoms with van der Waals surface area (Å²) in [5, 5.41) is 0. The second-order valence-corrected chi connectivity index (χ2v) is 7.40. The monoisotopic (exact) mass is 381 g/mol. The molecule has 1 amide bonds. The van der Waals surface area contributed by atoms with Crippen LogP contribution in [0.4, 0.5) is 5.82 Å². The van der Waals surface area contributed by atoms with Gasteiger partial charge in [-0.05, 0) is 54.2 Å². The Bertz CT molecular complexity index is 832. The van der Waals surface area contributed by atoms with Crippen LogP contribution in [0.5, 0.6) is 11.5 Å². The van der Waals surface area contributed by atoms with E-state index in [9.17, 15) is 4.79 Å². The molecule has 1 unspecified atom stereocenters. The van der Waals surface area contributed by atoms with Crippen molar-refractivity contribution in [1.82, 2.24) is 9.88 Å². The molecule has 2 aliphatic rings. The van der Waals surface area contributed by atoms with Crippen LogP contribution in [-0.2, 0) is 11.2 Å². The van der Waals surface area contributed by atoms with Crippen LogP contribution in [0.2, 0.25) is 0 Å². The van der Waals surface area contributed by atoms with Gasteiger partial charge in [0.05, 0.1) is 14.2 Å². The van der Waals surface area contributed by atoms with Crippen LogP contribution in [0.15, 0.2) is 36.5 Å². The number of hydrogen-bond donors (Lipinski definition) is 0. The summed E-state index contributed by atoms with van der Waals surface area (Å²) in [6.45, 7) is 3.16. The fourth-order valence-corrected chi connectivity index (χ4v) is 4.30. The minimum absolute atomic E-state index is 0.244. The molecular weight excluding hydrogens is 354 g/mol. The Balaban J connectivity index is 1.38. The maximum Gasteiger partial charge on any atom is 0.223 e. The summed E-state index contributed by atoms with van der Waals surface area (Å²) in [6.07, 6.45) is 4.37. The summed E-state index contributed by atoms with van der Waals surface area (Å²) in [5.74, 6) is 2.99. The molecule has 1 aromatic heterocycles. The van der Waals surface area contributed by atoms with Crippen LogP contribution in [0.1, 0.15) is 29.9 Å². The first-order valence-corrected chi connectivity index (χ1v) is 9.88. The molecule has 1 saturated heterocycles. The molecule has 1 fully saturated rings. The molecule has 28 heavy (non-hydrogen) atoms. The Hall–Kier alpha value is -2.76. The summed E-state index contributed by atoms with van der Waals surface area (Å²) in [7, 11) is 3.31. The minimum Gasteiger partial charge on any atom is -0.493 e. The van der Waals surface area contributed by atoms with Gasteiger partial charge in [-0.1, -0.05) is 6.07 Å². The number of benzene rings is 1. The maximum atomic E-state index is 12.9. The molecule has 0 N–H and O–H groups in total. The van der Waals surface area contributed by atoms with E-state index in [1.807, 2.05) is 29.3 Å². The number of amides is 1. The molecule has 1 aliphatic heterocycles. The van der Waals surface area contributed by atoms with Crippen LogP contribution in [0.25, 0.3) is 0 Å². The van der Waals surface area contributed by atoms with Crippen molar-refractivity contribution in [3.05, 3.63) is 47.7 Å². The molecule has 0 saturated carbocycles. The number of rotatable bonds is 5. The van der Waals surface area contributed by atoms with Crippen molar-refractivity contribution in [2.75, 3.05) is 45.3 Å². The summed E-state index contributed by atoms with van der Waals surface area (Å²) in [5.41, 5.74) is 2.51. The fourth-order valence-electron chi connectivity index (χ4n) is 4.30. The summed E-state index contributed by atoms with van der Waals surface area (Å²) in [6, 6.07) is 10.1. The van der Waals surface area contributed by atoms with E-state index in [1.165, 1.54) is 11.1 Å². The second-order valence-electron chi connectivity index (χ2n) is 7.40. The van der Waals surface area contributed by atoms with Crippen molar-refractivity contribution in [3.63, 3.8) is 0 Å². The Labute approximate surface area is 166 Å². The predicted octanol–water partition coefficient (Wildman–Crippen LogP) is 2.87. The Morgan fingerprint density at radius 1 is 1.11 bits per heavy atom. The topological polar surface area (TPSA) is 54.9 Å². The number of anilines is 1. The third-order valence-electron chi connectivity index (χ3n) is 5.87. The van der Waals surface area contributed by atoms with E-state index in [2.05, 4.69) is 22.0 Å². The highest BCUT2D eigenvalue weighted by Gasteiger charge is 2.29. The lowest BCUT2D eigenvalue weighted by atomic mass is 9.96. The molecule has 6 heteroatoms. The van der Waals surface area contributed by atoms with E-state index in [0.717, 1.165) is 56.3 Å². The van der Waals surface area contributed by atoms with Gasteiger partial charge in [0, 0.05) is 38.8 Å². The molecule has 1 aliphatic carbocycles. The number of carbonyl (C=O) groups is 1. The molecule has 0 radical (unpaired) electrons. The molecule has 0 spiro atoms. The van der Waals surface area contributed by atoms with Crippen molar-refractivity contribution in [2.24, 2.45) is 0 Å². The van der Waals surface area contributed by atoms with Gasteiger partial charge in [0.25, 0.3) is 0 Å². The average Bonchev–Trinajstić information content (AvgIpc) is 3.14. The van der Waals surface area contributed by atoms with Gasteiger partial charge in [-0.2, -0.15) is 0 Å². The highest BCUT2D eigenvalue weighted by molar-refractivity contribution is 5.78. The number of aryl methyl sites for hydroxylation is 1. The van der Waals surface area contributed by atoms with E-state index in [0.29, 0.717) is 6.42 Å². The Kier molecular flexibility index (Phi) is 5.37. The van der Waals surface area contributed by atoms with Gasteiger partial charge in [-0.25, -0.2) is 4.98 Å². The second kappa shape index (κ2) is 8.09. The van der Waals surface area contributed by atoms with Crippen LogP contribution < -0.4 is 14.4 Å². The fraction of sp³-hybridized carbons (Fsp3) is 0.455. The summed E-state index contributed by atoms with van der Waals surface area (Å²) >= 11 is 0. The number of carbonyl (C=O) groups excluding carboxylic acids is 1.